The number of likely N-dealkylation sites (N-methyl/N-ethyl adjacent to an activating group) is 1. The first-order chi connectivity index (χ1) is 9.15. The van der Waals surface area contributed by atoms with Crippen LogP contribution in [0.3, 0.4) is 0 Å². The Kier molecular flexibility index (Phi) is 4.29. The first-order valence-electron chi connectivity index (χ1n) is 6.02. The first-order valence-corrected chi connectivity index (χ1v) is 6.43. The lowest BCUT2D eigenvalue weighted by Gasteiger charge is -2.23. The minimum atomic E-state index is 0.359. The van der Waals surface area contributed by atoms with Gasteiger partial charge in [-0.25, -0.2) is 0 Å². The Morgan fingerprint density at radius 2 is 2.16 bits per heavy atom. The van der Waals surface area contributed by atoms with Gasteiger partial charge < -0.3 is 15.4 Å². The lowest BCUT2D eigenvalue weighted by atomic mass is 10.1. The normalized spacial score (nSPS) is 10.6. The molecule has 2 aromatic rings. The van der Waals surface area contributed by atoms with Gasteiger partial charge in [-0.2, -0.15) is 0 Å². The van der Waals surface area contributed by atoms with Crippen LogP contribution < -0.4 is 10.6 Å². The maximum Gasteiger partial charge on any atom is 0.107 e. The van der Waals surface area contributed by atoms with Gasteiger partial charge in [0.2, 0.25) is 0 Å². The van der Waals surface area contributed by atoms with E-state index in [0.29, 0.717) is 11.6 Å². The number of fused-ring (bicyclic) bond motifs is 1. The summed E-state index contributed by atoms with van der Waals surface area (Å²) >= 11 is 5.12. The van der Waals surface area contributed by atoms with E-state index in [0.717, 1.165) is 28.7 Å². The van der Waals surface area contributed by atoms with E-state index in [-0.39, 0.29) is 0 Å². The maximum atomic E-state index is 5.81. The molecule has 0 fully saturated rings. The van der Waals surface area contributed by atoms with Crippen LogP contribution in [-0.4, -0.2) is 37.3 Å². The second kappa shape index (κ2) is 5.95. The van der Waals surface area contributed by atoms with Gasteiger partial charge in [0.1, 0.15) is 4.99 Å². The van der Waals surface area contributed by atoms with Crippen molar-refractivity contribution in [2.75, 3.05) is 32.2 Å². The molecule has 0 aliphatic heterocycles. The smallest absolute Gasteiger partial charge is 0.107 e. The van der Waals surface area contributed by atoms with Crippen LogP contribution in [0, 0.1) is 0 Å². The first kappa shape index (κ1) is 13.7. The Hall–Kier alpha value is -1.72. The zero-order chi connectivity index (χ0) is 13.8. The average molecular weight is 275 g/mol. The summed E-state index contributed by atoms with van der Waals surface area (Å²) in [5.41, 5.74) is 8.55. The molecule has 19 heavy (non-hydrogen) atoms. The van der Waals surface area contributed by atoms with Gasteiger partial charge in [-0.1, -0.05) is 30.4 Å². The molecule has 5 heteroatoms. The van der Waals surface area contributed by atoms with Crippen molar-refractivity contribution in [2.24, 2.45) is 5.73 Å². The van der Waals surface area contributed by atoms with Crippen LogP contribution in [0.5, 0.6) is 0 Å². The highest BCUT2D eigenvalue weighted by molar-refractivity contribution is 7.80. The molecule has 0 saturated carbocycles. The lowest BCUT2D eigenvalue weighted by molar-refractivity contribution is 0.206. The molecule has 2 rings (SSSR count). The molecule has 1 aromatic heterocycles. The molecule has 0 spiro atoms. The molecule has 1 aromatic carbocycles. The monoisotopic (exact) mass is 275 g/mol. The Bertz CT molecular complexity index is 600. The van der Waals surface area contributed by atoms with Gasteiger partial charge in [0.05, 0.1) is 23.4 Å². The van der Waals surface area contributed by atoms with Crippen LogP contribution in [0.25, 0.3) is 10.9 Å². The van der Waals surface area contributed by atoms with Crippen molar-refractivity contribution in [2.45, 2.75) is 0 Å². The number of thiocarbonyl (C=S) groups is 1. The van der Waals surface area contributed by atoms with E-state index in [1.807, 2.05) is 31.3 Å². The fourth-order valence-electron chi connectivity index (χ4n) is 2.06. The second-order valence-corrected chi connectivity index (χ2v) is 4.76. The minimum Gasteiger partial charge on any atom is -0.389 e. The van der Waals surface area contributed by atoms with Gasteiger partial charge in [0.15, 0.2) is 0 Å². The number of ether oxygens (including phenoxy) is 1. The van der Waals surface area contributed by atoms with Gasteiger partial charge in [-0.15, -0.1) is 0 Å². The summed E-state index contributed by atoms with van der Waals surface area (Å²) in [7, 11) is 3.69. The third-order valence-electron chi connectivity index (χ3n) is 3.03. The molecule has 0 aliphatic carbocycles. The van der Waals surface area contributed by atoms with Gasteiger partial charge in [0, 0.05) is 32.3 Å². The van der Waals surface area contributed by atoms with Crippen LogP contribution in [-0.2, 0) is 4.74 Å². The second-order valence-electron chi connectivity index (χ2n) is 4.32. The summed E-state index contributed by atoms with van der Waals surface area (Å²) in [6.07, 6.45) is 1.74. The molecule has 1 heterocycles. The average Bonchev–Trinajstić information content (AvgIpc) is 2.43. The largest absolute Gasteiger partial charge is 0.389 e. The molecule has 0 unspecified atom stereocenters. The quantitative estimate of drug-likeness (QED) is 0.845. The molecular weight excluding hydrogens is 258 g/mol. The Morgan fingerprint density at radius 3 is 2.84 bits per heavy atom. The Balaban J connectivity index is 2.58. The number of nitrogens with two attached hydrogens (primary N) is 1. The predicted molar refractivity (Wildman–Crippen MR) is 82.8 cm³/mol. The number of rotatable bonds is 5. The maximum absolute atomic E-state index is 5.81. The summed E-state index contributed by atoms with van der Waals surface area (Å²) in [6, 6.07) is 7.96. The van der Waals surface area contributed by atoms with Crippen LogP contribution in [0.2, 0.25) is 0 Å². The summed E-state index contributed by atoms with van der Waals surface area (Å²) in [5.74, 6) is 0. The molecule has 2 N–H and O–H groups in total. The minimum absolute atomic E-state index is 0.359. The molecule has 0 atom stereocenters. The SMILES string of the molecule is COCCN(C)c1c(C(N)=S)cnc2ccccc12. The topological polar surface area (TPSA) is 51.4 Å². The Morgan fingerprint density at radius 1 is 1.42 bits per heavy atom. The van der Waals surface area contributed by atoms with Crippen molar-refractivity contribution >= 4 is 33.8 Å². The third-order valence-corrected chi connectivity index (χ3v) is 3.24. The number of anilines is 1. The van der Waals surface area contributed by atoms with E-state index < -0.39 is 0 Å². The lowest BCUT2D eigenvalue weighted by Crippen LogP contribution is -2.26. The highest BCUT2D eigenvalue weighted by atomic mass is 32.1. The molecule has 0 saturated heterocycles. The molecule has 0 amide bonds. The van der Waals surface area contributed by atoms with Crippen molar-refractivity contribution in [1.82, 2.24) is 4.98 Å². The van der Waals surface area contributed by atoms with Crippen LogP contribution in [0.4, 0.5) is 5.69 Å². The standard InChI is InChI=1S/C14H17N3OS/c1-17(7-8-18-2)13-10-5-3-4-6-12(10)16-9-11(13)14(15)19/h3-6,9H,7-8H2,1-2H3,(H2,15,19). The highest BCUT2D eigenvalue weighted by Gasteiger charge is 2.14. The van der Waals surface area contributed by atoms with Gasteiger partial charge in [0.25, 0.3) is 0 Å². The van der Waals surface area contributed by atoms with E-state index in [1.165, 1.54) is 0 Å². The number of aromatic nitrogens is 1. The fourth-order valence-corrected chi connectivity index (χ4v) is 2.21. The van der Waals surface area contributed by atoms with Crippen molar-refractivity contribution in [3.05, 3.63) is 36.0 Å². The van der Waals surface area contributed by atoms with E-state index in [4.69, 9.17) is 22.7 Å². The summed E-state index contributed by atoms with van der Waals surface area (Å²) in [6.45, 7) is 1.41. The number of benzene rings is 1. The zero-order valence-electron chi connectivity index (χ0n) is 11.1. The van der Waals surface area contributed by atoms with E-state index in [1.54, 1.807) is 13.3 Å². The molecular formula is C14H17N3OS. The molecule has 0 bridgehead atoms. The van der Waals surface area contributed by atoms with Crippen molar-refractivity contribution in [3.8, 4) is 0 Å². The highest BCUT2D eigenvalue weighted by Crippen LogP contribution is 2.28. The number of methoxy groups -OCH3 is 1. The fraction of sp³-hybridized carbons (Fsp3) is 0.286. The molecule has 0 radical (unpaired) electrons. The van der Waals surface area contributed by atoms with E-state index in [2.05, 4.69) is 9.88 Å². The Labute approximate surface area is 118 Å². The van der Waals surface area contributed by atoms with E-state index in [9.17, 15) is 0 Å². The van der Waals surface area contributed by atoms with Crippen molar-refractivity contribution < 1.29 is 4.74 Å². The zero-order valence-corrected chi connectivity index (χ0v) is 11.9. The third kappa shape index (κ3) is 2.83. The van der Waals surface area contributed by atoms with Crippen molar-refractivity contribution in [1.29, 1.82) is 0 Å². The van der Waals surface area contributed by atoms with Crippen LogP contribution >= 0.6 is 12.2 Å². The molecule has 100 valence electrons. The summed E-state index contributed by atoms with van der Waals surface area (Å²) in [4.78, 5) is 6.86. The van der Waals surface area contributed by atoms with Gasteiger partial charge in [-0.05, 0) is 6.07 Å². The number of hydrogen-bond acceptors (Lipinski definition) is 4. The number of pyridine rings is 1. The van der Waals surface area contributed by atoms with E-state index >= 15 is 0 Å². The number of para-hydroxylation sites is 1. The number of hydrogen-bond donors (Lipinski definition) is 1. The van der Waals surface area contributed by atoms with Crippen LogP contribution in [0.15, 0.2) is 30.5 Å². The van der Waals surface area contributed by atoms with Gasteiger partial charge >= 0.3 is 0 Å². The van der Waals surface area contributed by atoms with Gasteiger partial charge in [-0.3, -0.25) is 4.98 Å². The molecule has 4 nitrogen and oxygen atoms in total. The number of nitrogens with zero attached hydrogens (tertiary/aromatic N) is 2. The summed E-state index contributed by atoms with van der Waals surface area (Å²) < 4.78 is 5.13. The predicted octanol–water partition coefficient (Wildman–Crippen LogP) is 1.95. The summed E-state index contributed by atoms with van der Waals surface area (Å²) in [5, 5.41) is 1.05. The molecule has 0 aliphatic rings. The van der Waals surface area contributed by atoms with Crippen molar-refractivity contribution in [3.63, 3.8) is 0 Å². The van der Waals surface area contributed by atoms with Crippen LogP contribution in [0.1, 0.15) is 5.56 Å².